The van der Waals surface area contributed by atoms with Crippen molar-refractivity contribution in [2.45, 2.75) is 26.2 Å². The van der Waals surface area contributed by atoms with Crippen LogP contribution in [0, 0.1) is 0 Å². The largest absolute Gasteiger partial charge is 0.496 e. The molecule has 0 spiro atoms. The first-order chi connectivity index (χ1) is 14.1. The Morgan fingerprint density at radius 1 is 1.07 bits per heavy atom. The molecule has 0 saturated heterocycles. The number of ether oxygens (including phenoxy) is 1. The molecule has 150 valence electrons. The number of benzene rings is 2. The molecular formula is C23H26N4O2. The summed E-state index contributed by atoms with van der Waals surface area (Å²) in [6.07, 6.45) is 2.17. The molecule has 0 bridgehead atoms. The predicted octanol–water partition coefficient (Wildman–Crippen LogP) is 4.52. The van der Waals surface area contributed by atoms with E-state index in [0.29, 0.717) is 24.0 Å². The van der Waals surface area contributed by atoms with Crippen LogP contribution in [0.5, 0.6) is 5.75 Å². The van der Waals surface area contributed by atoms with Crippen molar-refractivity contribution >= 4 is 17.4 Å². The van der Waals surface area contributed by atoms with Gasteiger partial charge < -0.3 is 15.4 Å². The smallest absolute Gasteiger partial charge is 0.274 e. The van der Waals surface area contributed by atoms with Crippen LogP contribution in [-0.4, -0.2) is 29.5 Å². The molecule has 0 aliphatic heterocycles. The number of nitrogens with zero attached hydrogens (tertiary/aromatic N) is 2. The Bertz CT molecular complexity index is 972. The van der Waals surface area contributed by atoms with Crippen molar-refractivity contribution in [2.24, 2.45) is 0 Å². The van der Waals surface area contributed by atoms with Crippen LogP contribution < -0.4 is 15.4 Å². The molecule has 1 heterocycles. The van der Waals surface area contributed by atoms with Gasteiger partial charge in [-0.2, -0.15) is 0 Å². The molecule has 29 heavy (non-hydrogen) atoms. The molecule has 2 aromatic carbocycles. The predicted molar refractivity (Wildman–Crippen MR) is 116 cm³/mol. The fraction of sp³-hybridized carbons (Fsp3) is 0.261. The van der Waals surface area contributed by atoms with E-state index in [1.165, 1.54) is 6.33 Å². The summed E-state index contributed by atoms with van der Waals surface area (Å²) in [5, 5.41) is 6.21. The van der Waals surface area contributed by atoms with Gasteiger partial charge in [0.15, 0.2) is 0 Å². The summed E-state index contributed by atoms with van der Waals surface area (Å²) in [5.41, 5.74) is 3.32. The Morgan fingerprint density at radius 3 is 2.62 bits per heavy atom. The molecule has 6 nitrogen and oxygen atoms in total. The Balaban J connectivity index is 1.64. The van der Waals surface area contributed by atoms with E-state index in [4.69, 9.17) is 4.74 Å². The molecule has 6 heteroatoms. The van der Waals surface area contributed by atoms with Crippen molar-refractivity contribution in [3.8, 4) is 5.75 Å². The summed E-state index contributed by atoms with van der Waals surface area (Å²) in [5.74, 6) is 1.52. The van der Waals surface area contributed by atoms with Gasteiger partial charge in [0.1, 0.15) is 23.6 Å². The molecule has 0 aliphatic carbocycles. The number of para-hydroxylation sites is 2. The van der Waals surface area contributed by atoms with Gasteiger partial charge >= 0.3 is 0 Å². The molecule has 0 aliphatic rings. The van der Waals surface area contributed by atoms with E-state index in [9.17, 15) is 4.79 Å². The van der Waals surface area contributed by atoms with Crippen LogP contribution in [0.4, 0.5) is 11.5 Å². The second-order valence-corrected chi connectivity index (χ2v) is 6.97. The lowest BCUT2D eigenvalue weighted by Gasteiger charge is -2.13. The van der Waals surface area contributed by atoms with Crippen molar-refractivity contribution in [2.75, 3.05) is 24.3 Å². The minimum Gasteiger partial charge on any atom is -0.496 e. The number of methoxy groups -OCH3 is 1. The van der Waals surface area contributed by atoms with Crippen molar-refractivity contribution in [3.05, 3.63) is 77.7 Å². The van der Waals surface area contributed by atoms with Crippen LogP contribution in [0.1, 0.15) is 41.4 Å². The zero-order chi connectivity index (χ0) is 20.6. The van der Waals surface area contributed by atoms with Gasteiger partial charge in [0.05, 0.1) is 7.11 Å². The van der Waals surface area contributed by atoms with Gasteiger partial charge in [-0.3, -0.25) is 4.79 Å². The molecule has 0 unspecified atom stereocenters. The van der Waals surface area contributed by atoms with Crippen molar-refractivity contribution < 1.29 is 9.53 Å². The summed E-state index contributed by atoms with van der Waals surface area (Å²) in [6.45, 7) is 4.85. The molecule has 0 atom stereocenters. The van der Waals surface area contributed by atoms with E-state index in [1.54, 1.807) is 13.2 Å². The number of nitrogens with one attached hydrogen (secondary N) is 2. The van der Waals surface area contributed by atoms with Crippen LogP contribution in [-0.2, 0) is 6.42 Å². The Kier molecular flexibility index (Phi) is 6.79. The van der Waals surface area contributed by atoms with Crippen LogP contribution in [0.25, 0.3) is 0 Å². The highest BCUT2D eigenvalue weighted by Crippen LogP contribution is 2.24. The average molecular weight is 390 g/mol. The normalized spacial score (nSPS) is 10.6. The minimum absolute atomic E-state index is 0.256. The average Bonchev–Trinajstić information content (AvgIpc) is 2.74. The van der Waals surface area contributed by atoms with E-state index in [2.05, 4.69) is 34.4 Å². The number of hydrogen-bond donors (Lipinski definition) is 2. The fourth-order valence-electron chi connectivity index (χ4n) is 3.11. The number of hydrogen-bond acceptors (Lipinski definition) is 5. The summed E-state index contributed by atoms with van der Waals surface area (Å²) in [4.78, 5) is 21.0. The molecular weight excluding hydrogens is 364 g/mol. The second-order valence-electron chi connectivity index (χ2n) is 6.97. The van der Waals surface area contributed by atoms with E-state index < -0.39 is 0 Å². The first-order valence-electron chi connectivity index (χ1n) is 9.66. The van der Waals surface area contributed by atoms with Crippen LogP contribution in [0.15, 0.2) is 60.9 Å². The number of anilines is 2. The molecule has 3 aromatic rings. The number of carbonyl (C=O) groups is 1. The highest BCUT2D eigenvalue weighted by molar-refractivity contribution is 6.03. The Hall–Kier alpha value is -3.41. The minimum atomic E-state index is -0.256. The van der Waals surface area contributed by atoms with E-state index >= 15 is 0 Å². The summed E-state index contributed by atoms with van der Waals surface area (Å²) >= 11 is 0. The topological polar surface area (TPSA) is 76.1 Å². The van der Waals surface area contributed by atoms with Crippen LogP contribution in [0.2, 0.25) is 0 Å². The van der Waals surface area contributed by atoms with E-state index in [0.717, 1.165) is 29.0 Å². The van der Waals surface area contributed by atoms with E-state index in [-0.39, 0.29) is 5.91 Å². The molecule has 0 saturated carbocycles. The lowest BCUT2D eigenvalue weighted by atomic mass is 10.0. The zero-order valence-electron chi connectivity index (χ0n) is 17.0. The van der Waals surface area contributed by atoms with Gasteiger partial charge in [-0.15, -0.1) is 0 Å². The summed E-state index contributed by atoms with van der Waals surface area (Å²) in [6, 6.07) is 17.4. The maximum absolute atomic E-state index is 12.7. The molecule has 0 radical (unpaired) electrons. The summed E-state index contributed by atoms with van der Waals surface area (Å²) < 4.78 is 5.38. The maximum atomic E-state index is 12.7. The van der Waals surface area contributed by atoms with Gasteiger partial charge in [-0.25, -0.2) is 9.97 Å². The van der Waals surface area contributed by atoms with Gasteiger partial charge in [0.25, 0.3) is 5.91 Å². The third-order valence-electron chi connectivity index (χ3n) is 4.62. The number of rotatable bonds is 8. The van der Waals surface area contributed by atoms with Crippen molar-refractivity contribution in [1.29, 1.82) is 0 Å². The first-order valence-corrected chi connectivity index (χ1v) is 9.66. The number of amides is 1. The third kappa shape index (κ3) is 5.31. The van der Waals surface area contributed by atoms with Crippen LogP contribution in [0.3, 0.4) is 0 Å². The van der Waals surface area contributed by atoms with Gasteiger partial charge in [0.2, 0.25) is 0 Å². The lowest BCUT2D eigenvalue weighted by molar-refractivity contribution is 0.102. The highest BCUT2D eigenvalue weighted by atomic mass is 16.5. The zero-order valence-corrected chi connectivity index (χ0v) is 17.0. The van der Waals surface area contributed by atoms with Gasteiger partial charge in [-0.05, 0) is 35.6 Å². The Morgan fingerprint density at radius 2 is 1.83 bits per heavy atom. The summed E-state index contributed by atoms with van der Waals surface area (Å²) in [7, 11) is 1.67. The van der Waals surface area contributed by atoms with Gasteiger partial charge in [-0.1, -0.05) is 50.2 Å². The standard InChI is InChI=1S/C23H26N4O2/c1-16(2)18-9-5-6-10-19(18)27-23(28)20-14-22(26-15-25-20)24-13-12-17-8-4-7-11-21(17)29-3/h4-11,14-16H,12-13H2,1-3H3,(H,27,28)(H,24,25,26). The first kappa shape index (κ1) is 20.3. The third-order valence-corrected chi connectivity index (χ3v) is 4.62. The van der Waals surface area contributed by atoms with E-state index in [1.807, 2.05) is 48.5 Å². The van der Waals surface area contributed by atoms with Gasteiger partial charge in [0, 0.05) is 18.3 Å². The molecule has 1 amide bonds. The number of carbonyl (C=O) groups excluding carboxylic acids is 1. The molecule has 3 rings (SSSR count). The van der Waals surface area contributed by atoms with Crippen LogP contribution >= 0.6 is 0 Å². The Labute approximate surface area is 171 Å². The molecule has 2 N–H and O–H groups in total. The van der Waals surface area contributed by atoms with Crippen molar-refractivity contribution in [1.82, 2.24) is 9.97 Å². The monoisotopic (exact) mass is 390 g/mol. The second kappa shape index (κ2) is 9.68. The number of aromatic nitrogens is 2. The fourth-order valence-corrected chi connectivity index (χ4v) is 3.11. The SMILES string of the molecule is COc1ccccc1CCNc1cc(C(=O)Nc2ccccc2C(C)C)ncn1. The lowest BCUT2D eigenvalue weighted by Crippen LogP contribution is -2.16. The maximum Gasteiger partial charge on any atom is 0.274 e. The highest BCUT2D eigenvalue weighted by Gasteiger charge is 2.13. The molecule has 1 aromatic heterocycles. The molecule has 0 fully saturated rings. The van der Waals surface area contributed by atoms with Crippen molar-refractivity contribution in [3.63, 3.8) is 0 Å². The quantitative estimate of drug-likeness (QED) is 0.592.